The fraction of sp³-hybridized carbons (Fsp3) is 0.667. The zero-order chi connectivity index (χ0) is 9.56. The number of carbonyl (C=O) groups excluding carboxylic acids is 1. The predicted molar refractivity (Wildman–Crippen MR) is 48.9 cm³/mol. The Kier molecular flexibility index (Phi) is 5.37. The van der Waals surface area contributed by atoms with Crippen LogP contribution in [0.4, 0.5) is 0 Å². The molecule has 0 aromatic rings. The van der Waals surface area contributed by atoms with Crippen LogP contribution in [0.3, 0.4) is 0 Å². The van der Waals surface area contributed by atoms with E-state index in [1.807, 2.05) is 19.0 Å². The van der Waals surface area contributed by atoms with Crippen LogP contribution in [0.25, 0.3) is 0 Å². The van der Waals surface area contributed by atoms with Gasteiger partial charge in [0, 0.05) is 0 Å². The van der Waals surface area contributed by atoms with Crippen LogP contribution in [0.2, 0.25) is 0 Å². The highest BCUT2D eigenvalue weighted by atomic mass is 16.5. The van der Waals surface area contributed by atoms with E-state index in [2.05, 4.69) is 11.3 Å². The number of carbonyl (C=O) groups is 1. The summed E-state index contributed by atoms with van der Waals surface area (Å²) in [4.78, 5) is 13.0. The predicted octanol–water partition coefficient (Wildman–Crippen LogP) is 1.06. The Morgan fingerprint density at radius 3 is 2.58 bits per heavy atom. The SMILES string of the molecule is C=CCCC(C(=O)OC)N(C)C. The minimum atomic E-state index is -0.179. The van der Waals surface area contributed by atoms with E-state index in [9.17, 15) is 4.79 Å². The van der Waals surface area contributed by atoms with Crippen molar-refractivity contribution in [3.63, 3.8) is 0 Å². The van der Waals surface area contributed by atoms with Crippen LogP contribution in [-0.4, -0.2) is 38.1 Å². The molecule has 70 valence electrons. The lowest BCUT2D eigenvalue weighted by molar-refractivity contribution is -0.146. The Balaban J connectivity index is 4.03. The van der Waals surface area contributed by atoms with Gasteiger partial charge in [0.1, 0.15) is 6.04 Å². The van der Waals surface area contributed by atoms with Crippen molar-refractivity contribution in [1.82, 2.24) is 4.90 Å². The summed E-state index contributed by atoms with van der Waals surface area (Å²) in [7, 11) is 5.14. The van der Waals surface area contributed by atoms with Crippen molar-refractivity contribution in [2.45, 2.75) is 18.9 Å². The van der Waals surface area contributed by atoms with Crippen molar-refractivity contribution in [3.05, 3.63) is 12.7 Å². The van der Waals surface area contributed by atoms with Gasteiger partial charge in [-0.15, -0.1) is 6.58 Å². The Hall–Kier alpha value is -0.830. The molecule has 0 spiro atoms. The molecule has 0 saturated carbocycles. The van der Waals surface area contributed by atoms with Crippen molar-refractivity contribution >= 4 is 5.97 Å². The first-order valence-corrected chi connectivity index (χ1v) is 3.98. The van der Waals surface area contributed by atoms with Crippen molar-refractivity contribution in [1.29, 1.82) is 0 Å². The first-order chi connectivity index (χ1) is 5.63. The summed E-state index contributed by atoms with van der Waals surface area (Å²) in [6, 6.07) is -0.145. The van der Waals surface area contributed by atoms with E-state index in [-0.39, 0.29) is 12.0 Å². The van der Waals surface area contributed by atoms with Gasteiger partial charge in [-0.2, -0.15) is 0 Å². The molecule has 0 N–H and O–H groups in total. The van der Waals surface area contributed by atoms with Gasteiger partial charge in [-0.25, -0.2) is 0 Å². The fourth-order valence-electron chi connectivity index (χ4n) is 0.999. The molecule has 0 aromatic carbocycles. The number of nitrogens with zero attached hydrogens (tertiary/aromatic N) is 1. The molecule has 0 heterocycles. The second-order valence-electron chi connectivity index (χ2n) is 2.87. The number of allylic oxidation sites excluding steroid dienone is 1. The normalized spacial score (nSPS) is 12.7. The van der Waals surface area contributed by atoms with Gasteiger partial charge >= 0.3 is 5.97 Å². The molecule has 0 bridgehead atoms. The Morgan fingerprint density at radius 1 is 1.67 bits per heavy atom. The molecule has 0 amide bonds. The molecule has 12 heavy (non-hydrogen) atoms. The Bertz CT molecular complexity index is 155. The van der Waals surface area contributed by atoms with E-state index < -0.39 is 0 Å². The van der Waals surface area contributed by atoms with Crippen molar-refractivity contribution in [2.75, 3.05) is 21.2 Å². The summed E-state index contributed by atoms with van der Waals surface area (Å²) in [6.07, 6.45) is 3.40. The van der Waals surface area contributed by atoms with Crippen molar-refractivity contribution in [3.8, 4) is 0 Å². The topological polar surface area (TPSA) is 29.5 Å². The summed E-state index contributed by atoms with van der Waals surface area (Å²) < 4.78 is 4.66. The summed E-state index contributed by atoms with van der Waals surface area (Å²) >= 11 is 0. The van der Waals surface area contributed by atoms with E-state index in [1.54, 1.807) is 6.08 Å². The minimum Gasteiger partial charge on any atom is -0.468 e. The molecule has 0 aliphatic rings. The standard InChI is InChI=1S/C9H17NO2/c1-5-6-7-8(10(2)3)9(11)12-4/h5,8H,1,6-7H2,2-4H3. The molecule has 3 heteroatoms. The number of likely N-dealkylation sites (N-methyl/N-ethyl adjacent to an activating group) is 1. The molecular formula is C9H17NO2. The van der Waals surface area contributed by atoms with Crippen molar-refractivity contribution in [2.24, 2.45) is 0 Å². The summed E-state index contributed by atoms with van der Waals surface area (Å²) in [5, 5.41) is 0. The van der Waals surface area contributed by atoms with Crippen LogP contribution in [0, 0.1) is 0 Å². The van der Waals surface area contributed by atoms with E-state index in [4.69, 9.17) is 0 Å². The number of methoxy groups -OCH3 is 1. The van der Waals surface area contributed by atoms with Gasteiger partial charge in [-0.1, -0.05) is 6.08 Å². The fourth-order valence-corrected chi connectivity index (χ4v) is 0.999. The average molecular weight is 171 g/mol. The lowest BCUT2D eigenvalue weighted by Gasteiger charge is -2.20. The molecule has 0 aromatic heterocycles. The third kappa shape index (κ3) is 3.53. The van der Waals surface area contributed by atoms with Crippen molar-refractivity contribution < 1.29 is 9.53 Å². The average Bonchev–Trinajstić information content (AvgIpc) is 2.04. The molecule has 0 aliphatic heterocycles. The zero-order valence-electron chi connectivity index (χ0n) is 8.04. The maximum Gasteiger partial charge on any atom is 0.323 e. The highest BCUT2D eigenvalue weighted by molar-refractivity contribution is 5.75. The van der Waals surface area contributed by atoms with Crippen LogP contribution < -0.4 is 0 Å². The first-order valence-electron chi connectivity index (χ1n) is 3.98. The number of esters is 1. The van der Waals surface area contributed by atoms with Gasteiger partial charge in [0.05, 0.1) is 7.11 Å². The maximum atomic E-state index is 11.2. The van der Waals surface area contributed by atoms with Crippen LogP contribution in [0.5, 0.6) is 0 Å². The molecule has 1 atom stereocenters. The third-order valence-electron chi connectivity index (χ3n) is 1.74. The smallest absolute Gasteiger partial charge is 0.323 e. The number of hydrogen-bond donors (Lipinski definition) is 0. The summed E-state index contributed by atoms with van der Waals surface area (Å²) in [6.45, 7) is 3.61. The number of ether oxygens (including phenoxy) is 1. The number of hydrogen-bond acceptors (Lipinski definition) is 3. The Morgan fingerprint density at radius 2 is 2.25 bits per heavy atom. The van der Waals surface area contributed by atoms with Crippen LogP contribution >= 0.6 is 0 Å². The second-order valence-corrected chi connectivity index (χ2v) is 2.87. The van der Waals surface area contributed by atoms with E-state index >= 15 is 0 Å². The Labute approximate surface area is 74.0 Å². The van der Waals surface area contributed by atoms with Gasteiger partial charge in [0.25, 0.3) is 0 Å². The van der Waals surface area contributed by atoms with E-state index in [1.165, 1.54) is 7.11 Å². The van der Waals surface area contributed by atoms with Crippen LogP contribution in [0.15, 0.2) is 12.7 Å². The zero-order valence-corrected chi connectivity index (χ0v) is 8.04. The third-order valence-corrected chi connectivity index (χ3v) is 1.74. The molecule has 0 saturated heterocycles. The van der Waals surface area contributed by atoms with Gasteiger partial charge in [0.2, 0.25) is 0 Å². The van der Waals surface area contributed by atoms with E-state index in [0.717, 1.165) is 12.8 Å². The molecule has 1 unspecified atom stereocenters. The molecule has 0 aliphatic carbocycles. The van der Waals surface area contributed by atoms with Gasteiger partial charge in [-0.3, -0.25) is 9.69 Å². The minimum absolute atomic E-state index is 0.145. The monoisotopic (exact) mass is 171 g/mol. The lowest BCUT2D eigenvalue weighted by Crippen LogP contribution is -2.36. The van der Waals surface area contributed by atoms with Gasteiger partial charge < -0.3 is 4.74 Å². The lowest BCUT2D eigenvalue weighted by atomic mass is 10.1. The molecular weight excluding hydrogens is 154 g/mol. The molecule has 0 rings (SSSR count). The first kappa shape index (κ1) is 11.2. The van der Waals surface area contributed by atoms with Gasteiger partial charge in [-0.05, 0) is 26.9 Å². The largest absolute Gasteiger partial charge is 0.468 e. The van der Waals surface area contributed by atoms with Gasteiger partial charge in [0.15, 0.2) is 0 Å². The van der Waals surface area contributed by atoms with Crippen LogP contribution in [0.1, 0.15) is 12.8 Å². The highest BCUT2D eigenvalue weighted by Gasteiger charge is 2.19. The molecule has 0 fully saturated rings. The van der Waals surface area contributed by atoms with Crippen LogP contribution in [-0.2, 0) is 9.53 Å². The summed E-state index contributed by atoms with van der Waals surface area (Å²) in [5.74, 6) is -0.179. The second kappa shape index (κ2) is 5.77. The molecule has 0 radical (unpaired) electrons. The van der Waals surface area contributed by atoms with E-state index in [0.29, 0.717) is 0 Å². The molecule has 3 nitrogen and oxygen atoms in total. The maximum absolute atomic E-state index is 11.2. The highest BCUT2D eigenvalue weighted by Crippen LogP contribution is 2.05. The summed E-state index contributed by atoms with van der Waals surface area (Å²) in [5.41, 5.74) is 0. The quantitative estimate of drug-likeness (QED) is 0.457. The number of rotatable bonds is 5.